The first kappa shape index (κ1) is 12.3. The lowest BCUT2D eigenvalue weighted by Crippen LogP contribution is -2.23. The highest BCUT2D eigenvalue weighted by Crippen LogP contribution is 2.46. The first-order valence-corrected chi connectivity index (χ1v) is 7.71. The van der Waals surface area contributed by atoms with Crippen molar-refractivity contribution in [2.24, 2.45) is 0 Å². The molecule has 1 N–H and O–H groups in total. The molecule has 18 heavy (non-hydrogen) atoms. The van der Waals surface area contributed by atoms with Crippen LogP contribution < -0.4 is 5.32 Å². The molecule has 0 fully saturated rings. The fraction of sp³-hybridized carbons (Fsp3) is 0.286. The van der Waals surface area contributed by atoms with Crippen LogP contribution in [0.4, 0.5) is 0 Å². The molecule has 0 saturated carbocycles. The molecule has 3 rings (SSSR count). The van der Waals surface area contributed by atoms with Gasteiger partial charge in [-0.15, -0.1) is 11.8 Å². The largest absolute Gasteiger partial charge is 0.466 e. The lowest BCUT2D eigenvalue weighted by Gasteiger charge is -2.22. The molecule has 1 aromatic carbocycles. The normalized spacial score (nSPS) is 19.8. The Labute approximate surface area is 119 Å². The van der Waals surface area contributed by atoms with E-state index in [9.17, 15) is 0 Å². The van der Waals surface area contributed by atoms with E-state index in [1.54, 1.807) is 6.26 Å². The van der Waals surface area contributed by atoms with E-state index in [1.165, 1.54) is 10.5 Å². The summed E-state index contributed by atoms with van der Waals surface area (Å²) >= 11 is 5.48. The van der Waals surface area contributed by atoms with E-state index in [-0.39, 0.29) is 6.04 Å². The fourth-order valence-corrected chi connectivity index (χ4v) is 4.25. The Morgan fingerprint density at radius 1 is 1.39 bits per heavy atom. The Morgan fingerprint density at radius 3 is 2.94 bits per heavy atom. The van der Waals surface area contributed by atoms with Gasteiger partial charge in [-0.1, -0.05) is 18.2 Å². The predicted octanol–water partition coefficient (Wildman–Crippen LogP) is 4.19. The molecule has 2 aromatic rings. The van der Waals surface area contributed by atoms with Crippen molar-refractivity contribution in [3.05, 3.63) is 52.4 Å². The number of furan rings is 1. The minimum Gasteiger partial charge on any atom is -0.466 e. The monoisotopic (exact) mass is 323 g/mol. The van der Waals surface area contributed by atoms with E-state index in [4.69, 9.17) is 4.42 Å². The van der Waals surface area contributed by atoms with Gasteiger partial charge < -0.3 is 9.73 Å². The van der Waals surface area contributed by atoms with E-state index >= 15 is 0 Å². The third-order valence-corrected chi connectivity index (χ3v) is 5.24. The van der Waals surface area contributed by atoms with Crippen molar-refractivity contribution in [1.29, 1.82) is 0 Å². The van der Waals surface area contributed by atoms with Crippen molar-refractivity contribution >= 4 is 27.7 Å². The molecule has 2 unspecified atom stereocenters. The minimum atomic E-state index is 0.213. The Hall–Kier alpha value is -0.710. The maximum Gasteiger partial charge on any atom is 0.135 e. The molecule has 0 spiro atoms. The zero-order valence-electron chi connectivity index (χ0n) is 10.0. The van der Waals surface area contributed by atoms with E-state index in [2.05, 4.69) is 45.5 Å². The zero-order chi connectivity index (χ0) is 12.5. The average Bonchev–Trinajstić information content (AvgIpc) is 2.99. The summed E-state index contributed by atoms with van der Waals surface area (Å²) in [6.45, 7) is 0. The second-order valence-electron chi connectivity index (χ2n) is 4.35. The smallest absolute Gasteiger partial charge is 0.135 e. The average molecular weight is 324 g/mol. The second-order valence-corrected chi connectivity index (χ2v) is 6.27. The van der Waals surface area contributed by atoms with Crippen LogP contribution in [0.2, 0.25) is 0 Å². The highest BCUT2D eigenvalue weighted by molar-refractivity contribution is 9.10. The number of benzene rings is 1. The number of thioether (sulfide) groups is 1. The molecule has 2 nitrogen and oxygen atoms in total. The van der Waals surface area contributed by atoms with Crippen LogP contribution in [0.5, 0.6) is 0 Å². The van der Waals surface area contributed by atoms with Crippen molar-refractivity contribution in [3.8, 4) is 0 Å². The van der Waals surface area contributed by atoms with Gasteiger partial charge in [-0.2, -0.15) is 0 Å². The van der Waals surface area contributed by atoms with Crippen molar-refractivity contribution in [2.75, 3.05) is 12.8 Å². The van der Waals surface area contributed by atoms with Crippen LogP contribution in [0.25, 0.3) is 0 Å². The molecular formula is C14H14BrNOS. The first-order valence-electron chi connectivity index (χ1n) is 5.93. The molecular weight excluding hydrogens is 310 g/mol. The highest BCUT2D eigenvalue weighted by Gasteiger charge is 2.32. The number of halogens is 1. The van der Waals surface area contributed by atoms with Crippen LogP contribution >= 0.6 is 27.7 Å². The molecule has 1 aromatic heterocycles. The van der Waals surface area contributed by atoms with Gasteiger partial charge in [-0.05, 0) is 40.7 Å². The summed E-state index contributed by atoms with van der Waals surface area (Å²) < 4.78 is 6.66. The second kappa shape index (κ2) is 5.11. The molecule has 2 atom stereocenters. The van der Waals surface area contributed by atoms with E-state index in [0.29, 0.717) is 5.92 Å². The number of nitrogens with one attached hydrogen (secondary N) is 1. The topological polar surface area (TPSA) is 25.2 Å². The van der Waals surface area contributed by atoms with Gasteiger partial charge in [0, 0.05) is 16.6 Å². The third-order valence-electron chi connectivity index (χ3n) is 3.38. The fourth-order valence-electron chi connectivity index (χ4n) is 2.51. The number of rotatable bonds is 3. The lowest BCUT2D eigenvalue weighted by atomic mass is 9.92. The Bertz CT molecular complexity index is 554. The summed E-state index contributed by atoms with van der Waals surface area (Å²) in [7, 11) is 1.99. The van der Waals surface area contributed by atoms with Gasteiger partial charge in [0.25, 0.3) is 0 Å². The number of fused-ring (bicyclic) bond motifs is 1. The van der Waals surface area contributed by atoms with Gasteiger partial charge in [0.2, 0.25) is 0 Å². The summed E-state index contributed by atoms with van der Waals surface area (Å²) in [6, 6.07) is 10.8. The summed E-state index contributed by atoms with van der Waals surface area (Å²) in [5.41, 5.74) is 1.42. The molecule has 0 bridgehead atoms. The molecule has 94 valence electrons. The number of likely N-dealkylation sites (N-methyl/N-ethyl adjacent to an activating group) is 1. The van der Waals surface area contributed by atoms with Gasteiger partial charge in [0.05, 0.1) is 16.8 Å². The van der Waals surface area contributed by atoms with Gasteiger partial charge in [0.1, 0.15) is 5.76 Å². The highest BCUT2D eigenvalue weighted by atomic mass is 79.9. The molecule has 1 aliphatic heterocycles. The van der Waals surface area contributed by atoms with Crippen molar-refractivity contribution in [3.63, 3.8) is 0 Å². The van der Waals surface area contributed by atoms with Gasteiger partial charge in [-0.25, -0.2) is 0 Å². The van der Waals surface area contributed by atoms with Crippen LogP contribution in [0.3, 0.4) is 0 Å². The summed E-state index contributed by atoms with van der Waals surface area (Å²) in [4.78, 5) is 1.39. The van der Waals surface area contributed by atoms with E-state index in [0.717, 1.165) is 16.0 Å². The quantitative estimate of drug-likeness (QED) is 0.916. The molecule has 2 heterocycles. The summed E-state index contributed by atoms with van der Waals surface area (Å²) in [6.07, 6.45) is 1.73. The maximum atomic E-state index is 5.63. The van der Waals surface area contributed by atoms with E-state index in [1.807, 2.05) is 24.9 Å². The summed E-state index contributed by atoms with van der Waals surface area (Å²) in [5, 5.41) is 3.39. The molecule has 0 saturated heterocycles. The minimum absolute atomic E-state index is 0.213. The Kier molecular flexibility index (Phi) is 3.50. The van der Waals surface area contributed by atoms with Crippen LogP contribution in [0, 0.1) is 0 Å². The van der Waals surface area contributed by atoms with Crippen LogP contribution in [0.1, 0.15) is 23.3 Å². The lowest BCUT2D eigenvalue weighted by molar-refractivity contribution is 0.396. The third kappa shape index (κ3) is 2.02. The van der Waals surface area contributed by atoms with E-state index < -0.39 is 0 Å². The van der Waals surface area contributed by atoms with Crippen molar-refractivity contribution in [1.82, 2.24) is 5.32 Å². The van der Waals surface area contributed by atoms with Crippen molar-refractivity contribution in [2.45, 2.75) is 16.9 Å². The Morgan fingerprint density at radius 2 is 2.22 bits per heavy atom. The number of hydrogen-bond acceptors (Lipinski definition) is 3. The van der Waals surface area contributed by atoms with Crippen LogP contribution in [0.15, 0.2) is 50.4 Å². The molecule has 1 aliphatic rings. The van der Waals surface area contributed by atoms with Crippen LogP contribution in [-0.2, 0) is 0 Å². The van der Waals surface area contributed by atoms with Crippen molar-refractivity contribution < 1.29 is 4.42 Å². The molecule has 4 heteroatoms. The number of hydrogen-bond donors (Lipinski definition) is 1. The molecule has 0 radical (unpaired) electrons. The molecule has 0 aliphatic carbocycles. The predicted molar refractivity (Wildman–Crippen MR) is 78.1 cm³/mol. The van der Waals surface area contributed by atoms with Gasteiger partial charge in [-0.3, -0.25) is 0 Å². The maximum absolute atomic E-state index is 5.63. The summed E-state index contributed by atoms with van der Waals surface area (Å²) in [5.74, 6) is 2.54. The van der Waals surface area contributed by atoms with Gasteiger partial charge >= 0.3 is 0 Å². The standard InChI is InChI=1S/C14H14BrNOS/c1-16-13(14-11(15)6-7-17-14)10-8-18-12-5-3-2-4-9(10)12/h2-7,10,13,16H,8H2,1H3. The molecule has 0 amide bonds. The Balaban J connectivity index is 1.98. The van der Waals surface area contributed by atoms with Gasteiger partial charge in [0.15, 0.2) is 0 Å². The SMILES string of the molecule is CNC(c1occc1Br)C1CSc2ccccc21. The first-order chi connectivity index (χ1) is 8.81. The van der Waals surface area contributed by atoms with Crippen LogP contribution in [-0.4, -0.2) is 12.8 Å². The zero-order valence-corrected chi connectivity index (χ0v) is 12.4.